The fraction of sp³-hybridized carbons (Fsp3) is 0.111. The van der Waals surface area contributed by atoms with Crippen LogP contribution in [0.4, 0.5) is 28.7 Å². The van der Waals surface area contributed by atoms with Gasteiger partial charge >= 0.3 is 0 Å². The normalized spacial score (nSPS) is 10.3. The molecule has 0 unspecified atom stereocenters. The number of hydrogen-bond acceptors (Lipinski definition) is 5. The van der Waals surface area contributed by atoms with Gasteiger partial charge < -0.3 is 16.4 Å². The van der Waals surface area contributed by atoms with Gasteiger partial charge in [0.2, 0.25) is 0 Å². The lowest BCUT2D eigenvalue weighted by molar-refractivity contribution is 1.14. The molecule has 23 heavy (non-hydrogen) atoms. The largest absolute Gasteiger partial charge is 0.393 e. The summed E-state index contributed by atoms with van der Waals surface area (Å²) in [6.45, 7) is 2.13. The summed E-state index contributed by atoms with van der Waals surface area (Å²) in [6.07, 6.45) is 2.51. The second-order valence-corrected chi connectivity index (χ2v) is 5.15. The van der Waals surface area contributed by atoms with Gasteiger partial charge in [0.25, 0.3) is 0 Å². The first-order chi connectivity index (χ1) is 11.3. The van der Waals surface area contributed by atoms with Crippen LogP contribution in [0.25, 0.3) is 0 Å². The Kier molecular flexibility index (Phi) is 4.38. The zero-order chi connectivity index (χ0) is 16.1. The smallest absolute Gasteiger partial charge is 0.159 e. The monoisotopic (exact) mass is 305 g/mol. The maximum absolute atomic E-state index is 6.19. The summed E-state index contributed by atoms with van der Waals surface area (Å²) in [5, 5.41) is 6.43. The van der Waals surface area contributed by atoms with E-state index in [0.29, 0.717) is 17.3 Å². The molecule has 0 amide bonds. The highest BCUT2D eigenvalue weighted by Crippen LogP contribution is 2.28. The molecule has 0 radical (unpaired) electrons. The number of nitrogen functional groups attached to an aromatic ring is 1. The van der Waals surface area contributed by atoms with Crippen molar-refractivity contribution >= 4 is 28.7 Å². The number of rotatable bonds is 5. The van der Waals surface area contributed by atoms with Crippen molar-refractivity contribution in [1.82, 2.24) is 9.97 Å². The lowest BCUT2D eigenvalue weighted by atomic mass is 10.1. The fourth-order valence-electron chi connectivity index (χ4n) is 2.21. The molecule has 0 aliphatic heterocycles. The number of nitrogens with two attached hydrogens (primary N) is 1. The molecule has 4 N–H and O–H groups in total. The van der Waals surface area contributed by atoms with E-state index in [9.17, 15) is 0 Å². The Labute approximate surface area is 135 Å². The van der Waals surface area contributed by atoms with Crippen LogP contribution in [0.1, 0.15) is 12.5 Å². The average Bonchev–Trinajstić information content (AvgIpc) is 2.60. The van der Waals surface area contributed by atoms with Gasteiger partial charge in [0, 0.05) is 11.4 Å². The Bertz CT molecular complexity index is 769. The molecule has 0 saturated carbocycles. The van der Waals surface area contributed by atoms with Gasteiger partial charge in [-0.15, -0.1) is 0 Å². The van der Waals surface area contributed by atoms with E-state index >= 15 is 0 Å². The number of nitrogens with zero attached hydrogens (tertiary/aromatic N) is 2. The molecule has 5 nitrogen and oxygen atoms in total. The van der Waals surface area contributed by atoms with E-state index in [2.05, 4.69) is 39.7 Å². The van der Waals surface area contributed by atoms with E-state index in [1.165, 1.54) is 11.9 Å². The number of benzene rings is 2. The van der Waals surface area contributed by atoms with Gasteiger partial charge in [0.15, 0.2) is 11.6 Å². The number of nitrogens with one attached hydrogen (secondary N) is 2. The summed E-state index contributed by atoms with van der Waals surface area (Å²) in [4.78, 5) is 8.45. The van der Waals surface area contributed by atoms with Crippen LogP contribution in [0.2, 0.25) is 0 Å². The van der Waals surface area contributed by atoms with E-state index in [0.717, 1.165) is 17.8 Å². The standard InChI is InChI=1S/C18H19N5/c1-2-13-8-10-15(11-9-13)23-18-16(19)17(20-12-21-18)22-14-6-4-3-5-7-14/h3-12H,2,19H2,1H3,(H2,20,21,22,23). The molecule has 5 heteroatoms. The van der Waals surface area contributed by atoms with Crippen molar-refractivity contribution in [3.05, 3.63) is 66.5 Å². The minimum atomic E-state index is 0.482. The van der Waals surface area contributed by atoms with Crippen LogP contribution < -0.4 is 16.4 Å². The Hall–Kier alpha value is -3.08. The molecule has 0 fully saturated rings. The molecule has 0 aliphatic rings. The number of para-hydroxylation sites is 1. The topological polar surface area (TPSA) is 75.9 Å². The maximum atomic E-state index is 6.19. The van der Waals surface area contributed by atoms with Crippen LogP contribution in [0, 0.1) is 0 Å². The Morgan fingerprint density at radius 3 is 1.96 bits per heavy atom. The van der Waals surface area contributed by atoms with Crippen LogP contribution in [-0.4, -0.2) is 9.97 Å². The summed E-state index contributed by atoms with van der Waals surface area (Å²) in [7, 11) is 0. The molecule has 3 rings (SSSR count). The van der Waals surface area contributed by atoms with Gasteiger partial charge in [-0.3, -0.25) is 0 Å². The molecule has 3 aromatic rings. The third kappa shape index (κ3) is 3.58. The first kappa shape index (κ1) is 14.8. The van der Waals surface area contributed by atoms with Crippen molar-refractivity contribution in [1.29, 1.82) is 0 Å². The van der Waals surface area contributed by atoms with Crippen molar-refractivity contribution in [2.75, 3.05) is 16.4 Å². The molecule has 116 valence electrons. The summed E-state index contributed by atoms with van der Waals surface area (Å²) in [5.74, 6) is 1.17. The Balaban J connectivity index is 1.81. The summed E-state index contributed by atoms with van der Waals surface area (Å²) >= 11 is 0. The highest BCUT2D eigenvalue weighted by Gasteiger charge is 2.08. The molecule has 1 aromatic heterocycles. The molecular weight excluding hydrogens is 286 g/mol. The van der Waals surface area contributed by atoms with Gasteiger partial charge in [0.1, 0.15) is 12.0 Å². The summed E-state index contributed by atoms with van der Waals surface area (Å²) in [5.41, 5.74) is 9.83. The minimum Gasteiger partial charge on any atom is -0.393 e. The van der Waals surface area contributed by atoms with Crippen LogP contribution in [0.3, 0.4) is 0 Å². The van der Waals surface area contributed by atoms with Crippen LogP contribution in [0.15, 0.2) is 60.9 Å². The third-order valence-corrected chi connectivity index (χ3v) is 3.55. The zero-order valence-electron chi connectivity index (χ0n) is 13.0. The molecular formula is C18H19N5. The molecule has 0 aliphatic carbocycles. The summed E-state index contributed by atoms with van der Waals surface area (Å²) < 4.78 is 0. The fourth-order valence-corrected chi connectivity index (χ4v) is 2.21. The van der Waals surface area contributed by atoms with Crippen molar-refractivity contribution in [3.63, 3.8) is 0 Å². The first-order valence-electron chi connectivity index (χ1n) is 7.54. The first-order valence-corrected chi connectivity index (χ1v) is 7.54. The lowest BCUT2D eigenvalue weighted by Crippen LogP contribution is -2.05. The Morgan fingerprint density at radius 1 is 0.826 bits per heavy atom. The van der Waals surface area contributed by atoms with Crippen LogP contribution in [-0.2, 0) is 6.42 Å². The molecule has 0 spiro atoms. The minimum absolute atomic E-state index is 0.482. The third-order valence-electron chi connectivity index (χ3n) is 3.55. The average molecular weight is 305 g/mol. The maximum Gasteiger partial charge on any atom is 0.159 e. The van der Waals surface area contributed by atoms with Gasteiger partial charge in [-0.2, -0.15) is 0 Å². The number of aromatic nitrogens is 2. The van der Waals surface area contributed by atoms with E-state index in [4.69, 9.17) is 5.73 Å². The SMILES string of the molecule is CCc1ccc(Nc2ncnc(Nc3ccccc3)c2N)cc1. The molecule has 1 heterocycles. The van der Waals surface area contributed by atoms with Crippen molar-refractivity contribution in [2.24, 2.45) is 0 Å². The van der Waals surface area contributed by atoms with Gasteiger partial charge in [-0.1, -0.05) is 37.3 Å². The second-order valence-electron chi connectivity index (χ2n) is 5.15. The predicted octanol–water partition coefficient (Wildman–Crippen LogP) is 4.11. The van der Waals surface area contributed by atoms with Gasteiger partial charge in [-0.25, -0.2) is 9.97 Å². The second kappa shape index (κ2) is 6.79. The van der Waals surface area contributed by atoms with Crippen LogP contribution in [0.5, 0.6) is 0 Å². The highest BCUT2D eigenvalue weighted by molar-refractivity contribution is 5.80. The zero-order valence-corrected chi connectivity index (χ0v) is 13.0. The molecule has 0 saturated heterocycles. The van der Waals surface area contributed by atoms with E-state index in [1.54, 1.807) is 0 Å². The number of hydrogen-bond donors (Lipinski definition) is 3. The lowest BCUT2D eigenvalue weighted by Gasteiger charge is -2.12. The quantitative estimate of drug-likeness (QED) is 0.661. The summed E-state index contributed by atoms with van der Waals surface area (Å²) in [6, 6.07) is 18.0. The number of anilines is 5. The molecule has 0 bridgehead atoms. The van der Waals surface area contributed by atoms with Gasteiger partial charge in [0.05, 0.1) is 0 Å². The predicted molar refractivity (Wildman–Crippen MR) is 95.3 cm³/mol. The highest BCUT2D eigenvalue weighted by atomic mass is 15.1. The van der Waals surface area contributed by atoms with Crippen molar-refractivity contribution in [3.8, 4) is 0 Å². The van der Waals surface area contributed by atoms with E-state index in [-0.39, 0.29) is 0 Å². The van der Waals surface area contributed by atoms with E-state index in [1.807, 2.05) is 42.5 Å². The van der Waals surface area contributed by atoms with Crippen molar-refractivity contribution in [2.45, 2.75) is 13.3 Å². The van der Waals surface area contributed by atoms with Crippen LogP contribution >= 0.6 is 0 Å². The number of aryl methyl sites for hydroxylation is 1. The van der Waals surface area contributed by atoms with Crippen molar-refractivity contribution < 1.29 is 0 Å². The van der Waals surface area contributed by atoms with E-state index < -0.39 is 0 Å². The molecule has 0 atom stereocenters. The molecule has 2 aromatic carbocycles. The Morgan fingerprint density at radius 2 is 1.39 bits per heavy atom. The van der Waals surface area contributed by atoms with Gasteiger partial charge in [-0.05, 0) is 36.2 Å².